The van der Waals surface area contributed by atoms with E-state index in [-0.39, 0.29) is 10.6 Å². The van der Waals surface area contributed by atoms with Crippen LogP contribution >= 0.6 is 15.9 Å². The van der Waals surface area contributed by atoms with Crippen LogP contribution in [0.3, 0.4) is 0 Å². The molecule has 4 nitrogen and oxygen atoms in total. The van der Waals surface area contributed by atoms with Crippen LogP contribution in [0.1, 0.15) is 12.8 Å². The lowest BCUT2D eigenvalue weighted by atomic mass is 10.3. The maximum Gasteiger partial charge on any atom is 0.402 e. The van der Waals surface area contributed by atoms with Crippen LogP contribution in [-0.4, -0.2) is 31.5 Å². The molecule has 2 rings (SSSR count). The Bertz CT molecular complexity index is 615. The van der Waals surface area contributed by atoms with Crippen molar-refractivity contribution in [1.29, 1.82) is 0 Å². The molecule has 1 aliphatic carbocycles. The fraction of sp³-hybridized carbons (Fsp3) is 0.455. The van der Waals surface area contributed by atoms with E-state index in [1.807, 2.05) is 0 Å². The standard InChI is InChI=1S/C11H12BrF3N2O2S/c12-9-4-3-8(5-10(9)16)20(18,19)17(7-1-2-7)6-11(13,14)15/h3-5,7H,1-2,6,16H2. The Labute approximate surface area is 122 Å². The van der Waals surface area contributed by atoms with Gasteiger partial charge >= 0.3 is 6.18 Å². The Kier molecular flexibility index (Phi) is 4.05. The van der Waals surface area contributed by atoms with Gasteiger partial charge in [-0.15, -0.1) is 0 Å². The number of anilines is 1. The van der Waals surface area contributed by atoms with E-state index in [0.717, 1.165) is 6.07 Å². The minimum atomic E-state index is -4.57. The molecule has 0 bridgehead atoms. The summed E-state index contributed by atoms with van der Waals surface area (Å²) in [5, 5.41) is 0. The van der Waals surface area contributed by atoms with Crippen molar-refractivity contribution in [2.75, 3.05) is 12.3 Å². The molecule has 1 aromatic carbocycles. The Morgan fingerprint density at radius 3 is 2.40 bits per heavy atom. The van der Waals surface area contributed by atoms with Crippen LogP contribution in [0.5, 0.6) is 0 Å². The number of alkyl halides is 3. The van der Waals surface area contributed by atoms with Gasteiger partial charge in [0.2, 0.25) is 10.0 Å². The van der Waals surface area contributed by atoms with Crippen molar-refractivity contribution in [3.63, 3.8) is 0 Å². The van der Waals surface area contributed by atoms with Crippen molar-refractivity contribution < 1.29 is 21.6 Å². The van der Waals surface area contributed by atoms with E-state index in [0.29, 0.717) is 21.6 Å². The zero-order chi connectivity index (χ0) is 15.1. The molecule has 0 spiro atoms. The molecule has 1 aromatic rings. The smallest absolute Gasteiger partial charge is 0.398 e. The number of hydrogen-bond donors (Lipinski definition) is 1. The third kappa shape index (κ3) is 3.44. The highest BCUT2D eigenvalue weighted by atomic mass is 79.9. The molecular weight excluding hydrogens is 361 g/mol. The third-order valence-corrected chi connectivity index (χ3v) is 5.48. The van der Waals surface area contributed by atoms with E-state index >= 15 is 0 Å². The number of benzene rings is 1. The highest BCUT2D eigenvalue weighted by Gasteiger charge is 2.44. The largest absolute Gasteiger partial charge is 0.402 e. The van der Waals surface area contributed by atoms with E-state index in [9.17, 15) is 21.6 Å². The average molecular weight is 373 g/mol. The molecule has 1 aliphatic rings. The Balaban J connectivity index is 2.37. The second-order valence-electron chi connectivity index (χ2n) is 4.58. The molecule has 2 N–H and O–H groups in total. The first-order chi connectivity index (χ1) is 9.11. The molecule has 1 saturated carbocycles. The molecule has 20 heavy (non-hydrogen) atoms. The Morgan fingerprint density at radius 1 is 1.35 bits per heavy atom. The summed E-state index contributed by atoms with van der Waals surface area (Å²) in [5.74, 6) is 0. The summed E-state index contributed by atoms with van der Waals surface area (Å²) in [6, 6.07) is 3.22. The van der Waals surface area contributed by atoms with Crippen LogP contribution in [0.2, 0.25) is 0 Å². The Morgan fingerprint density at radius 2 is 1.95 bits per heavy atom. The predicted octanol–water partition coefficient (Wildman–Crippen LogP) is 2.75. The summed E-state index contributed by atoms with van der Waals surface area (Å²) in [6.45, 7) is -1.48. The quantitative estimate of drug-likeness (QED) is 0.826. The molecule has 112 valence electrons. The Hall–Kier alpha value is -0.800. The molecule has 0 aliphatic heterocycles. The monoisotopic (exact) mass is 372 g/mol. The number of nitrogens with two attached hydrogens (primary N) is 1. The maximum absolute atomic E-state index is 12.5. The fourth-order valence-electron chi connectivity index (χ4n) is 1.77. The highest BCUT2D eigenvalue weighted by molar-refractivity contribution is 9.10. The van der Waals surface area contributed by atoms with Gasteiger partial charge in [0.05, 0.1) is 4.90 Å². The van der Waals surface area contributed by atoms with Crippen LogP contribution < -0.4 is 5.73 Å². The van der Waals surface area contributed by atoms with Crippen LogP contribution in [-0.2, 0) is 10.0 Å². The predicted molar refractivity (Wildman–Crippen MR) is 71.5 cm³/mol. The van der Waals surface area contributed by atoms with Crippen LogP contribution in [0.25, 0.3) is 0 Å². The van der Waals surface area contributed by atoms with E-state index in [4.69, 9.17) is 5.73 Å². The van der Waals surface area contributed by atoms with E-state index in [2.05, 4.69) is 15.9 Å². The maximum atomic E-state index is 12.5. The van der Waals surface area contributed by atoms with Gasteiger partial charge < -0.3 is 5.73 Å². The van der Waals surface area contributed by atoms with Gasteiger partial charge in [-0.05, 0) is 47.0 Å². The molecule has 0 heterocycles. The summed E-state index contributed by atoms with van der Waals surface area (Å²) in [4.78, 5) is -0.227. The first-order valence-corrected chi connectivity index (χ1v) is 7.98. The average Bonchev–Trinajstić information content (AvgIpc) is 3.12. The van der Waals surface area contributed by atoms with Crippen LogP contribution in [0.15, 0.2) is 27.6 Å². The normalized spacial score (nSPS) is 16.6. The lowest BCUT2D eigenvalue weighted by Gasteiger charge is -2.23. The molecule has 9 heteroatoms. The van der Waals surface area contributed by atoms with Crippen molar-refractivity contribution in [3.8, 4) is 0 Å². The van der Waals surface area contributed by atoms with Crippen LogP contribution in [0.4, 0.5) is 18.9 Å². The van der Waals surface area contributed by atoms with E-state index in [1.54, 1.807) is 0 Å². The lowest BCUT2D eigenvalue weighted by molar-refractivity contribution is -0.137. The van der Waals surface area contributed by atoms with E-state index < -0.39 is 28.8 Å². The number of nitrogen functional groups attached to an aromatic ring is 1. The van der Waals surface area contributed by atoms with Gasteiger partial charge in [-0.2, -0.15) is 17.5 Å². The molecule has 0 atom stereocenters. The molecule has 0 saturated heterocycles. The lowest BCUT2D eigenvalue weighted by Crippen LogP contribution is -2.40. The third-order valence-electron chi connectivity index (χ3n) is 2.86. The van der Waals surface area contributed by atoms with E-state index in [1.165, 1.54) is 12.1 Å². The zero-order valence-corrected chi connectivity index (χ0v) is 12.6. The number of halogens is 4. The van der Waals surface area contributed by atoms with Crippen LogP contribution in [0, 0.1) is 0 Å². The summed E-state index contributed by atoms with van der Waals surface area (Å²) in [5.41, 5.74) is 5.75. The zero-order valence-electron chi connectivity index (χ0n) is 10.2. The molecule has 0 radical (unpaired) electrons. The first-order valence-electron chi connectivity index (χ1n) is 5.75. The fourth-order valence-corrected chi connectivity index (χ4v) is 3.72. The second kappa shape index (κ2) is 5.19. The van der Waals surface area contributed by atoms with Crippen molar-refractivity contribution in [2.24, 2.45) is 0 Å². The minimum Gasteiger partial charge on any atom is -0.398 e. The van der Waals surface area contributed by atoms with Crippen molar-refractivity contribution >= 4 is 31.6 Å². The summed E-state index contributed by atoms with van der Waals surface area (Å²) in [7, 11) is -4.20. The number of sulfonamides is 1. The van der Waals surface area contributed by atoms with Gasteiger partial charge in [0.15, 0.2) is 0 Å². The van der Waals surface area contributed by atoms with Gasteiger partial charge in [0, 0.05) is 16.2 Å². The number of nitrogens with zero attached hydrogens (tertiary/aromatic N) is 1. The summed E-state index contributed by atoms with van der Waals surface area (Å²) < 4.78 is 63.3. The first kappa shape index (κ1) is 15.6. The molecule has 0 aromatic heterocycles. The molecular formula is C11H12BrF3N2O2S. The van der Waals surface area contributed by atoms with Gasteiger partial charge in [0.25, 0.3) is 0 Å². The van der Waals surface area contributed by atoms with Gasteiger partial charge in [-0.3, -0.25) is 0 Å². The van der Waals surface area contributed by atoms with Gasteiger partial charge in [-0.1, -0.05) is 0 Å². The highest BCUT2D eigenvalue weighted by Crippen LogP contribution is 2.35. The molecule has 0 unspecified atom stereocenters. The van der Waals surface area contributed by atoms with Gasteiger partial charge in [0.1, 0.15) is 6.54 Å². The number of hydrogen-bond acceptors (Lipinski definition) is 3. The second-order valence-corrected chi connectivity index (χ2v) is 7.32. The van der Waals surface area contributed by atoms with Crippen molar-refractivity contribution in [1.82, 2.24) is 4.31 Å². The summed E-state index contributed by atoms with van der Waals surface area (Å²) >= 11 is 3.11. The minimum absolute atomic E-state index is 0.161. The topological polar surface area (TPSA) is 63.4 Å². The SMILES string of the molecule is Nc1cc(S(=O)(=O)N(CC(F)(F)F)C2CC2)ccc1Br. The summed E-state index contributed by atoms with van der Waals surface area (Å²) in [6.07, 6.45) is -3.68. The van der Waals surface area contributed by atoms with Gasteiger partial charge in [-0.25, -0.2) is 8.42 Å². The molecule has 1 fully saturated rings. The molecule has 0 amide bonds. The van der Waals surface area contributed by atoms with Crippen molar-refractivity contribution in [2.45, 2.75) is 30.0 Å². The number of rotatable bonds is 4. The van der Waals surface area contributed by atoms with Crippen molar-refractivity contribution in [3.05, 3.63) is 22.7 Å².